The quantitative estimate of drug-likeness (QED) is 0.880. The fraction of sp³-hybridized carbons (Fsp3) is 0.385. The van der Waals surface area contributed by atoms with Gasteiger partial charge in [-0.2, -0.15) is 0 Å². The zero-order valence-electron chi connectivity index (χ0n) is 10.4. The van der Waals surface area contributed by atoms with Gasteiger partial charge in [-0.3, -0.25) is 4.79 Å². The molecule has 0 aliphatic rings. The summed E-state index contributed by atoms with van der Waals surface area (Å²) in [6.07, 6.45) is 0.494. The predicted octanol–water partition coefficient (Wildman–Crippen LogP) is 2.16. The van der Waals surface area contributed by atoms with Crippen molar-refractivity contribution in [2.24, 2.45) is 7.05 Å². The van der Waals surface area contributed by atoms with E-state index in [1.54, 1.807) is 0 Å². The molecule has 0 fully saturated rings. The highest BCUT2D eigenvalue weighted by Crippen LogP contribution is 2.18. The number of aromatic nitrogens is 2. The molecule has 2 rings (SSSR count). The molecular formula is C13H17N3O. The third-order valence-electron chi connectivity index (χ3n) is 2.91. The molecule has 0 bridgehead atoms. The Labute approximate surface area is 101 Å². The third-order valence-corrected chi connectivity index (χ3v) is 2.91. The van der Waals surface area contributed by atoms with Crippen LogP contribution in [0.15, 0.2) is 24.3 Å². The summed E-state index contributed by atoms with van der Waals surface area (Å²) in [4.78, 5) is 15.9. The van der Waals surface area contributed by atoms with E-state index in [4.69, 9.17) is 0 Å². The van der Waals surface area contributed by atoms with Gasteiger partial charge < -0.3 is 9.88 Å². The largest absolute Gasteiger partial charge is 0.346 e. The lowest BCUT2D eigenvalue weighted by Crippen LogP contribution is -2.27. The lowest BCUT2D eigenvalue weighted by Gasteiger charge is -2.13. The third kappa shape index (κ3) is 2.16. The van der Waals surface area contributed by atoms with Crippen molar-refractivity contribution in [1.82, 2.24) is 14.9 Å². The number of benzene rings is 1. The first kappa shape index (κ1) is 11.6. The standard InChI is InChI=1S/C13H17N3O/c1-4-12(17)14-9(2)13-15-10-7-5-6-8-11(10)16(13)3/h5-9H,4H2,1-3H3,(H,14,17)/t9-/m0/s1. The fourth-order valence-corrected chi connectivity index (χ4v) is 1.96. The molecule has 1 N–H and O–H groups in total. The summed E-state index contributed by atoms with van der Waals surface area (Å²) in [6, 6.07) is 7.89. The van der Waals surface area contributed by atoms with Gasteiger partial charge in [0.1, 0.15) is 5.82 Å². The van der Waals surface area contributed by atoms with Crippen molar-refractivity contribution < 1.29 is 4.79 Å². The Kier molecular flexibility index (Phi) is 3.13. The summed E-state index contributed by atoms with van der Waals surface area (Å²) in [7, 11) is 1.97. The molecule has 4 nitrogen and oxygen atoms in total. The maximum absolute atomic E-state index is 11.4. The van der Waals surface area contributed by atoms with E-state index < -0.39 is 0 Å². The van der Waals surface area contributed by atoms with Crippen LogP contribution in [0.1, 0.15) is 32.1 Å². The van der Waals surface area contributed by atoms with Crippen LogP contribution in [-0.2, 0) is 11.8 Å². The summed E-state index contributed by atoms with van der Waals surface area (Å²) in [5, 5.41) is 2.93. The molecule has 1 atom stereocenters. The number of carbonyl (C=O) groups excluding carboxylic acids is 1. The van der Waals surface area contributed by atoms with Gasteiger partial charge in [-0.15, -0.1) is 0 Å². The maximum Gasteiger partial charge on any atom is 0.220 e. The first-order valence-corrected chi connectivity index (χ1v) is 5.84. The smallest absolute Gasteiger partial charge is 0.220 e. The van der Waals surface area contributed by atoms with Gasteiger partial charge in [0, 0.05) is 13.5 Å². The highest BCUT2D eigenvalue weighted by molar-refractivity contribution is 5.77. The van der Waals surface area contributed by atoms with Crippen molar-refractivity contribution in [3.8, 4) is 0 Å². The minimum absolute atomic E-state index is 0.0459. The maximum atomic E-state index is 11.4. The van der Waals surface area contributed by atoms with Crippen molar-refractivity contribution >= 4 is 16.9 Å². The number of carbonyl (C=O) groups is 1. The second-order valence-electron chi connectivity index (χ2n) is 4.16. The van der Waals surface area contributed by atoms with E-state index in [2.05, 4.69) is 10.3 Å². The number of aryl methyl sites for hydroxylation is 1. The molecule has 0 spiro atoms. The Morgan fingerprint density at radius 2 is 2.18 bits per heavy atom. The average molecular weight is 231 g/mol. The van der Waals surface area contributed by atoms with Gasteiger partial charge in [-0.1, -0.05) is 19.1 Å². The normalized spacial score (nSPS) is 12.6. The Bertz CT molecular complexity index is 545. The van der Waals surface area contributed by atoms with Crippen LogP contribution >= 0.6 is 0 Å². The highest BCUT2D eigenvalue weighted by atomic mass is 16.1. The van der Waals surface area contributed by atoms with Crippen molar-refractivity contribution in [3.63, 3.8) is 0 Å². The number of nitrogens with zero attached hydrogens (tertiary/aromatic N) is 2. The van der Waals surface area contributed by atoms with Gasteiger partial charge in [0.05, 0.1) is 17.1 Å². The molecule has 0 saturated heterocycles. The molecule has 1 amide bonds. The summed E-state index contributed by atoms with van der Waals surface area (Å²) < 4.78 is 2.02. The van der Waals surface area contributed by atoms with Gasteiger partial charge in [-0.25, -0.2) is 4.98 Å². The molecule has 0 aliphatic carbocycles. The predicted molar refractivity (Wildman–Crippen MR) is 67.6 cm³/mol. The number of amides is 1. The topological polar surface area (TPSA) is 46.9 Å². The van der Waals surface area contributed by atoms with Crippen molar-refractivity contribution in [2.45, 2.75) is 26.3 Å². The molecule has 0 aliphatic heterocycles. The molecule has 17 heavy (non-hydrogen) atoms. The fourth-order valence-electron chi connectivity index (χ4n) is 1.96. The molecule has 1 aromatic heterocycles. The summed E-state index contributed by atoms with van der Waals surface area (Å²) in [6.45, 7) is 3.80. The molecular weight excluding hydrogens is 214 g/mol. The zero-order valence-corrected chi connectivity index (χ0v) is 10.4. The first-order chi connectivity index (χ1) is 8.13. The van der Waals surface area contributed by atoms with Crippen LogP contribution in [0.2, 0.25) is 0 Å². The Balaban J connectivity index is 2.35. The van der Waals surface area contributed by atoms with Gasteiger partial charge in [0.2, 0.25) is 5.91 Å². The van der Waals surface area contributed by atoms with E-state index in [9.17, 15) is 4.79 Å². The number of nitrogens with one attached hydrogen (secondary N) is 1. The van der Waals surface area contributed by atoms with E-state index in [0.717, 1.165) is 16.9 Å². The Morgan fingerprint density at radius 1 is 1.47 bits per heavy atom. The van der Waals surface area contributed by atoms with E-state index in [0.29, 0.717) is 6.42 Å². The number of rotatable bonds is 3. The monoisotopic (exact) mass is 231 g/mol. The van der Waals surface area contributed by atoms with Crippen LogP contribution in [-0.4, -0.2) is 15.5 Å². The van der Waals surface area contributed by atoms with Crippen molar-refractivity contribution in [2.75, 3.05) is 0 Å². The molecule has 1 aromatic carbocycles. The number of hydrogen-bond acceptors (Lipinski definition) is 2. The average Bonchev–Trinajstić information content (AvgIpc) is 2.67. The van der Waals surface area contributed by atoms with Crippen LogP contribution < -0.4 is 5.32 Å². The molecule has 0 unspecified atom stereocenters. The van der Waals surface area contributed by atoms with Crippen LogP contribution in [0.25, 0.3) is 11.0 Å². The molecule has 1 heterocycles. The summed E-state index contributed by atoms with van der Waals surface area (Å²) >= 11 is 0. The van der Waals surface area contributed by atoms with E-state index in [1.807, 2.05) is 49.7 Å². The molecule has 4 heteroatoms. The van der Waals surface area contributed by atoms with Crippen LogP contribution in [0.3, 0.4) is 0 Å². The summed E-state index contributed by atoms with van der Waals surface area (Å²) in [5.74, 6) is 0.928. The van der Waals surface area contributed by atoms with Crippen molar-refractivity contribution in [3.05, 3.63) is 30.1 Å². The lowest BCUT2D eigenvalue weighted by molar-refractivity contribution is -0.121. The van der Waals surface area contributed by atoms with Gasteiger partial charge in [-0.05, 0) is 19.1 Å². The van der Waals surface area contributed by atoms with E-state index in [-0.39, 0.29) is 11.9 Å². The Hall–Kier alpha value is -1.84. The number of imidazole rings is 1. The van der Waals surface area contributed by atoms with Gasteiger partial charge in [0.25, 0.3) is 0 Å². The minimum atomic E-state index is -0.0696. The number of fused-ring (bicyclic) bond motifs is 1. The second-order valence-corrected chi connectivity index (χ2v) is 4.16. The van der Waals surface area contributed by atoms with Gasteiger partial charge in [0.15, 0.2) is 0 Å². The van der Waals surface area contributed by atoms with E-state index >= 15 is 0 Å². The lowest BCUT2D eigenvalue weighted by atomic mass is 10.3. The van der Waals surface area contributed by atoms with Gasteiger partial charge >= 0.3 is 0 Å². The molecule has 0 radical (unpaired) electrons. The SMILES string of the molecule is CCC(=O)N[C@@H](C)c1nc2ccccc2n1C. The first-order valence-electron chi connectivity index (χ1n) is 5.84. The number of hydrogen-bond donors (Lipinski definition) is 1. The summed E-state index contributed by atoms with van der Waals surface area (Å²) in [5.41, 5.74) is 2.04. The Morgan fingerprint density at radius 3 is 2.82 bits per heavy atom. The van der Waals surface area contributed by atoms with Crippen LogP contribution in [0, 0.1) is 0 Å². The van der Waals surface area contributed by atoms with Crippen molar-refractivity contribution in [1.29, 1.82) is 0 Å². The highest BCUT2D eigenvalue weighted by Gasteiger charge is 2.15. The molecule has 0 saturated carbocycles. The zero-order chi connectivity index (χ0) is 12.4. The van der Waals surface area contributed by atoms with Crippen LogP contribution in [0.5, 0.6) is 0 Å². The number of para-hydroxylation sites is 2. The van der Waals surface area contributed by atoms with E-state index in [1.165, 1.54) is 0 Å². The van der Waals surface area contributed by atoms with Crippen LogP contribution in [0.4, 0.5) is 0 Å². The molecule has 90 valence electrons. The minimum Gasteiger partial charge on any atom is -0.346 e. The molecule has 2 aromatic rings. The second kappa shape index (κ2) is 4.57.